The molecule has 1 saturated heterocycles. The van der Waals surface area contributed by atoms with Crippen LogP contribution in [0.5, 0.6) is 0 Å². The van der Waals surface area contributed by atoms with Gasteiger partial charge in [0, 0.05) is 23.4 Å². The van der Waals surface area contributed by atoms with Gasteiger partial charge in [-0.05, 0) is 43.4 Å². The molecule has 0 amide bonds. The van der Waals surface area contributed by atoms with Crippen molar-refractivity contribution < 1.29 is 8.95 Å². The molecule has 21 heavy (non-hydrogen) atoms. The summed E-state index contributed by atoms with van der Waals surface area (Å²) in [5.41, 5.74) is 2.70. The molecule has 4 unspecified atom stereocenters. The number of ether oxygens (including phenoxy) is 1. The lowest BCUT2D eigenvalue weighted by molar-refractivity contribution is 0.128. The normalized spacial score (nSPS) is 29.5. The highest BCUT2D eigenvalue weighted by molar-refractivity contribution is 7.85. The van der Waals surface area contributed by atoms with Crippen molar-refractivity contribution in [2.45, 2.75) is 50.0 Å². The number of hydrogen-bond acceptors (Lipinski definition) is 3. The molecule has 4 atom stereocenters. The van der Waals surface area contributed by atoms with E-state index < -0.39 is 10.8 Å². The van der Waals surface area contributed by atoms with Crippen LogP contribution >= 0.6 is 0 Å². The zero-order valence-electron chi connectivity index (χ0n) is 12.7. The highest BCUT2D eigenvalue weighted by atomic mass is 32.2. The SMILES string of the molecule is CCCNC1c2ccccc2CC1S(=O)CC1CCCO1. The van der Waals surface area contributed by atoms with Gasteiger partial charge in [-0.25, -0.2) is 0 Å². The Morgan fingerprint density at radius 1 is 1.38 bits per heavy atom. The first-order valence-corrected chi connectivity index (χ1v) is 9.47. The summed E-state index contributed by atoms with van der Waals surface area (Å²) < 4.78 is 18.5. The molecule has 1 aromatic rings. The van der Waals surface area contributed by atoms with E-state index in [2.05, 4.69) is 36.5 Å². The summed E-state index contributed by atoms with van der Waals surface area (Å²) in [5, 5.41) is 3.80. The van der Waals surface area contributed by atoms with Gasteiger partial charge in [0.1, 0.15) is 0 Å². The van der Waals surface area contributed by atoms with E-state index in [4.69, 9.17) is 4.74 Å². The van der Waals surface area contributed by atoms with E-state index in [0.717, 1.165) is 38.8 Å². The molecule has 1 aromatic carbocycles. The number of nitrogens with one attached hydrogen (secondary N) is 1. The molecule has 2 aliphatic rings. The third-order valence-electron chi connectivity index (χ3n) is 4.51. The number of benzene rings is 1. The summed E-state index contributed by atoms with van der Waals surface area (Å²) in [4.78, 5) is 0. The fraction of sp³-hybridized carbons (Fsp3) is 0.647. The van der Waals surface area contributed by atoms with Crippen LogP contribution in [0.25, 0.3) is 0 Å². The maximum atomic E-state index is 12.8. The fourth-order valence-electron chi connectivity index (χ4n) is 3.43. The fourth-order valence-corrected chi connectivity index (χ4v) is 5.22. The van der Waals surface area contributed by atoms with Gasteiger partial charge in [0.15, 0.2) is 0 Å². The van der Waals surface area contributed by atoms with E-state index >= 15 is 0 Å². The quantitative estimate of drug-likeness (QED) is 0.878. The minimum absolute atomic E-state index is 0.193. The van der Waals surface area contributed by atoms with Crippen LogP contribution in [-0.2, 0) is 22.0 Å². The molecule has 1 aliphatic carbocycles. The first-order chi connectivity index (χ1) is 10.3. The first-order valence-electron chi connectivity index (χ1n) is 8.09. The molecule has 116 valence electrons. The highest BCUT2D eigenvalue weighted by Crippen LogP contribution is 2.35. The summed E-state index contributed by atoms with van der Waals surface area (Å²) in [5.74, 6) is 0.697. The lowest BCUT2D eigenvalue weighted by atomic mass is 10.1. The number of rotatable bonds is 6. The Kier molecular flexibility index (Phi) is 5.09. The van der Waals surface area contributed by atoms with Crippen LogP contribution in [0.4, 0.5) is 0 Å². The third kappa shape index (κ3) is 3.38. The van der Waals surface area contributed by atoms with Gasteiger partial charge in [0.25, 0.3) is 0 Å². The Morgan fingerprint density at radius 2 is 2.24 bits per heavy atom. The molecular weight excluding hydrogens is 282 g/mol. The molecule has 1 fully saturated rings. The third-order valence-corrected chi connectivity index (χ3v) is 6.32. The predicted molar refractivity (Wildman–Crippen MR) is 87.0 cm³/mol. The van der Waals surface area contributed by atoms with Gasteiger partial charge >= 0.3 is 0 Å². The Bertz CT molecular complexity index is 499. The summed E-state index contributed by atoms with van der Waals surface area (Å²) in [6.07, 6.45) is 4.42. The highest BCUT2D eigenvalue weighted by Gasteiger charge is 2.36. The standard InChI is InChI=1S/C17H25NO2S/c1-2-9-18-17-15-8-4-3-6-13(15)11-16(17)21(19)12-14-7-5-10-20-14/h3-4,6,8,14,16-18H,2,5,7,9-12H2,1H3. The summed E-state index contributed by atoms with van der Waals surface area (Å²) in [7, 11) is -0.832. The van der Waals surface area contributed by atoms with Gasteiger partial charge in [0.05, 0.1) is 17.1 Å². The van der Waals surface area contributed by atoms with Crippen molar-refractivity contribution in [1.82, 2.24) is 5.32 Å². The predicted octanol–water partition coefficient (Wildman–Crippen LogP) is 2.58. The molecule has 3 rings (SSSR count). The van der Waals surface area contributed by atoms with Crippen LogP contribution < -0.4 is 5.32 Å². The first kappa shape index (κ1) is 15.2. The maximum Gasteiger partial charge on any atom is 0.0691 e. The zero-order valence-corrected chi connectivity index (χ0v) is 13.5. The van der Waals surface area contributed by atoms with Crippen LogP contribution in [0.2, 0.25) is 0 Å². The van der Waals surface area contributed by atoms with E-state index in [-0.39, 0.29) is 17.4 Å². The largest absolute Gasteiger partial charge is 0.377 e. The van der Waals surface area contributed by atoms with E-state index in [0.29, 0.717) is 5.75 Å². The van der Waals surface area contributed by atoms with Gasteiger partial charge in [-0.3, -0.25) is 4.21 Å². The van der Waals surface area contributed by atoms with E-state index in [1.165, 1.54) is 11.1 Å². The van der Waals surface area contributed by atoms with Gasteiger partial charge in [-0.1, -0.05) is 31.2 Å². The van der Waals surface area contributed by atoms with Crippen molar-refractivity contribution in [2.24, 2.45) is 0 Å². The maximum absolute atomic E-state index is 12.8. The van der Waals surface area contributed by atoms with E-state index in [1.54, 1.807) is 0 Å². The summed E-state index contributed by atoms with van der Waals surface area (Å²) in [6, 6.07) is 8.78. The molecule has 0 saturated carbocycles. The van der Waals surface area contributed by atoms with Crippen LogP contribution in [0.15, 0.2) is 24.3 Å². The van der Waals surface area contributed by atoms with Crippen molar-refractivity contribution in [3.63, 3.8) is 0 Å². The Hall–Kier alpha value is -0.710. The van der Waals surface area contributed by atoms with Crippen molar-refractivity contribution >= 4 is 10.8 Å². The zero-order chi connectivity index (χ0) is 14.7. The molecule has 1 aliphatic heterocycles. The number of hydrogen-bond donors (Lipinski definition) is 1. The summed E-state index contributed by atoms with van der Waals surface area (Å²) >= 11 is 0. The van der Waals surface area contributed by atoms with Crippen molar-refractivity contribution in [3.05, 3.63) is 35.4 Å². The van der Waals surface area contributed by atoms with Crippen molar-refractivity contribution in [1.29, 1.82) is 0 Å². The van der Waals surface area contributed by atoms with Crippen LogP contribution in [0, 0.1) is 0 Å². The number of fused-ring (bicyclic) bond motifs is 1. The Balaban J connectivity index is 1.72. The molecule has 0 spiro atoms. The van der Waals surface area contributed by atoms with Gasteiger partial charge in [-0.2, -0.15) is 0 Å². The average molecular weight is 307 g/mol. The van der Waals surface area contributed by atoms with Crippen LogP contribution in [0.3, 0.4) is 0 Å². The van der Waals surface area contributed by atoms with Gasteiger partial charge in [-0.15, -0.1) is 0 Å². The minimum Gasteiger partial charge on any atom is -0.377 e. The smallest absolute Gasteiger partial charge is 0.0691 e. The van der Waals surface area contributed by atoms with Crippen LogP contribution in [0.1, 0.15) is 43.4 Å². The second kappa shape index (κ2) is 7.03. The molecule has 3 nitrogen and oxygen atoms in total. The molecule has 0 radical (unpaired) electrons. The molecule has 1 N–H and O–H groups in total. The minimum atomic E-state index is -0.832. The Morgan fingerprint density at radius 3 is 3.00 bits per heavy atom. The monoisotopic (exact) mass is 307 g/mol. The Labute approximate surface area is 129 Å². The lowest BCUT2D eigenvalue weighted by Crippen LogP contribution is -2.35. The molecule has 0 bridgehead atoms. The van der Waals surface area contributed by atoms with E-state index in [9.17, 15) is 4.21 Å². The van der Waals surface area contributed by atoms with Crippen molar-refractivity contribution in [3.8, 4) is 0 Å². The van der Waals surface area contributed by atoms with Crippen LogP contribution in [-0.4, -0.2) is 34.5 Å². The molecule has 1 heterocycles. The summed E-state index contributed by atoms with van der Waals surface area (Å²) in [6.45, 7) is 3.99. The van der Waals surface area contributed by atoms with Crippen molar-refractivity contribution in [2.75, 3.05) is 18.9 Å². The van der Waals surface area contributed by atoms with Gasteiger partial charge < -0.3 is 10.1 Å². The molecular formula is C17H25NO2S. The van der Waals surface area contributed by atoms with E-state index in [1.807, 2.05) is 0 Å². The van der Waals surface area contributed by atoms with Gasteiger partial charge in [0.2, 0.25) is 0 Å². The second-order valence-corrected chi connectivity index (χ2v) is 7.76. The second-order valence-electron chi connectivity index (χ2n) is 6.06. The molecule has 0 aromatic heterocycles. The average Bonchev–Trinajstić information content (AvgIpc) is 3.12. The lowest BCUT2D eigenvalue weighted by Gasteiger charge is -2.22. The topological polar surface area (TPSA) is 38.3 Å². The molecule has 4 heteroatoms.